The monoisotopic (exact) mass is 346 g/mol. The number of ether oxygens (including phenoxy) is 1. The summed E-state index contributed by atoms with van der Waals surface area (Å²) in [6.45, 7) is 3.46. The van der Waals surface area contributed by atoms with E-state index < -0.39 is 24.0 Å². The van der Waals surface area contributed by atoms with Crippen LogP contribution in [0.25, 0.3) is 0 Å². The van der Waals surface area contributed by atoms with E-state index in [2.05, 4.69) is 10.6 Å². The summed E-state index contributed by atoms with van der Waals surface area (Å²) in [6.07, 6.45) is -1.20. The predicted octanol–water partition coefficient (Wildman–Crippen LogP) is 2.31. The standard InChI is InChI=1S/C14H16Cl2N2O4/c1-3-17-14(21)18-13(20)8(2)22-12(19)6-9-4-5-10(15)7-11(9)16/h4-5,7-8H,3,6H2,1-2H3,(H2,17,18,20,21)/t8-/m1/s1. The molecule has 3 amide bonds. The average molecular weight is 347 g/mol. The molecule has 0 bridgehead atoms. The van der Waals surface area contributed by atoms with Gasteiger partial charge in [0.2, 0.25) is 0 Å². The van der Waals surface area contributed by atoms with Crippen molar-refractivity contribution in [2.24, 2.45) is 0 Å². The number of amides is 3. The lowest BCUT2D eigenvalue weighted by Crippen LogP contribution is -2.44. The molecule has 2 N–H and O–H groups in total. The van der Waals surface area contributed by atoms with Crippen LogP contribution in [-0.2, 0) is 20.7 Å². The van der Waals surface area contributed by atoms with Crippen molar-refractivity contribution in [1.82, 2.24) is 10.6 Å². The van der Waals surface area contributed by atoms with Crippen LogP contribution in [0.2, 0.25) is 10.0 Å². The van der Waals surface area contributed by atoms with Crippen LogP contribution in [0.3, 0.4) is 0 Å². The van der Waals surface area contributed by atoms with Gasteiger partial charge in [0.15, 0.2) is 6.10 Å². The highest BCUT2D eigenvalue weighted by molar-refractivity contribution is 6.35. The topological polar surface area (TPSA) is 84.5 Å². The van der Waals surface area contributed by atoms with E-state index in [1.807, 2.05) is 0 Å². The van der Waals surface area contributed by atoms with E-state index >= 15 is 0 Å². The Bertz CT molecular complexity index is 578. The van der Waals surface area contributed by atoms with Crippen LogP contribution >= 0.6 is 23.2 Å². The number of halogens is 2. The lowest BCUT2D eigenvalue weighted by molar-refractivity contribution is -0.153. The number of rotatable bonds is 5. The third kappa shape index (κ3) is 5.91. The van der Waals surface area contributed by atoms with E-state index in [0.717, 1.165) is 0 Å². The number of urea groups is 1. The van der Waals surface area contributed by atoms with Crippen molar-refractivity contribution in [2.45, 2.75) is 26.4 Å². The summed E-state index contributed by atoms with van der Waals surface area (Å²) in [6, 6.07) is 4.07. The van der Waals surface area contributed by atoms with E-state index in [1.165, 1.54) is 13.0 Å². The minimum Gasteiger partial charge on any atom is -0.452 e. The third-order valence-corrected chi connectivity index (χ3v) is 3.19. The lowest BCUT2D eigenvalue weighted by atomic mass is 10.1. The van der Waals surface area contributed by atoms with E-state index in [0.29, 0.717) is 22.2 Å². The normalized spacial score (nSPS) is 11.5. The van der Waals surface area contributed by atoms with Crippen LogP contribution < -0.4 is 10.6 Å². The van der Waals surface area contributed by atoms with Crippen molar-refractivity contribution in [2.75, 3.05) is 6.54 Å². The van der Waals surface area contributed by atoms with E-state index in [9.17, 15) is 14.4 Å². The molecule has 0 unspecified atom stereocenters. The molecule has 8 heteroatoms. The van der Waals surface area contributed by atoms with E-state index in [-0.39, 0.29) is 6.42 Å². The Morgan fingerprint density at radius 2 is 1.95 bits per heavy atom. The van der Waals surface area contributed by atoms with Gasteiger partial charge in [0.25, 0.3) is 5.91 Å². The van der Waals surface area contributed by atoms with Gasteiger partial charge in [-0.1, -0.05) is 29.3 Å². The maximum atomic E-state index is 11.8. The minimum absolute atomic E-state index is 0.102. The van der Waals surface area contributed by atoms with E-state index in [1.54, 1.807) is 19.1 Å². The lowest BCUT2D eigenvalue weighted by Gasteiger charge is -2.13. The molecule has 1 aromatic carbocycles. The van der Waals surface area contributed by atoms with Gasteiger partial charge in [0, 0.05) is 16.6 Å². The molecule has 120 valence electrons. The smallest absolute Gasteiger partial charge is 0.321 e. The SMILES string of the molecule is CCNC(=O)NC(=O)[C@@H](C)OC(=O)Cc1ccc(Cl)cc1Cl. The van der Waals surface area contributed by atoms with Crippen LogP contribution in [-0.4, -0.2) is 30.6 Å². The molecule has 0 aromatic heterocycles. The number of esters is 1. The number of carbonyl (C=O) groups excluding carboxylic acids is 3. The van der Waals surface area contributed by atoms with Crippen molar-refractivity contribution >= 4 is 41.1 Å². The Kier molecular flexibility index (Phi) is 7.14. The summed E-state index contributed by atoms with van der Waals surface area (Å²) >= 11 is 11.7. The second-order valence-electron chi connectivity index (χ2n) is 4.39. The molecule has 1 atom stereocenters. The van der Waals surface area contributed by atoms with Crippen molar-refractivity contribution in [1.29, 1.82) is 0 Å². The molecule has 22 heavy (non-hydrogen) atoms. The molecule has 0 spiro atoms. The van der Waals surface area contributed by atoms with Crippen molar-refractivity contribution < 1.29 is 19.1 Å². The quantitative estimate of drug-likeness (QED) is 0.801. The van der Waals surface area contributed by atoms with Crippen LogP contribution in [0, 0.1) is 0 Å². The first kappa shape index (κ1) is 18.3. The van der Waals surface area contributed by atoms with Crippen molar-refractivity contribution in [3.8, 4) is 0 Å². The van der Waals surface area contributed by atoms with Gasteiger partial charge in [-0.3, -0.25) is 14.9 Å². The zero-order valence-electron chi connectivity index (χ0n) is 12.1. The summed E-state index contributed by atoms with van der Waals surface area (Å²) in [5, 5.41) is 5.25. The highest BCUT2D eigenvalue weighted by Gasteiger charge is 2.20. The predicted molar refractivity (Wildman–Crippen MR) is 82.9 cm³/mol. The molecule has 6 nitrogen and oxygen atoms in total. The number of hydrogen-bond donors (Lipinski definition) is 2. The van der Waals surface area contributed by atoms with Gasteiger partial charge < -0.3 is 10.1 Å². The molecule has 0 aliphatic heterocycles. The zero-order valence-corrected chi connectivity index (χ0v) is 13.6. The summed E-state index contributed by atoms with van der Waals surface area (Å²) in [4.78, 5) is 34.6. The fourth-order valence-electron chi connectivity index (χ4n) is 1.53. The fourth-order valence-corrected chi connectivity index (χ4v) is 2.01. The fraction of sp³-hybridized carbons (Fsp3) is 0.357. The third-order valence-electron chi connectivity index (χ3n) is 2.60. The number of carbonyl (C=O) groups is 3. The number of nitrogens with one attached hydrogen (secondary N) is 2. The maximum Gasteiger partial charge on any atom is 0.321 e. The summed E-state index contributed by atoms with van der Waals surface area (Å²) in [5.41, 5.74) is 0.535. The van der Waals surface area contributed by atoms with Gasteiger partial charge >= 0.3 is 12.0 Å². The first-order chi connectivity index (χ1) is 10.3. The van der Waals surface area contributed by atoms with E-state index in [4.69, 9.17) is 27.9 Å². The Hall–Kier alpha value is -1.79. The molecule has 0 heterocycles. The van der Waals surface area contributed by atoms with Crippen LogP contribution in [0.5, 0.6) is 0 Å². The largest absolute Gasteiger partial charge is 0.452 e. The molecule has 0 saturated carbocycles. The van der Waals surface area contributed by atoms with Crippen LogP contribution in [0.15, 0.2) is 18.2 Å². The van der Waals surface area contributed by atoms with Gasteiger partial charge in [-0.15, -0.1) is 0 Å². The van der Waals surface area contributed by atoms with Crippen LogP contribution in [0.4, 0.5) is 4.79 Å². The van der Waals surface area contributed by atoms with Gasteiger partial charge in [-0.2, -0.15) is 0 Å². The van der Waals surface area contributed by atoms with Gasteiger partial charge in [0.1, 0.15) is 0 Å². The Labute approximate surface area is 138 Å². The molecular formula is C14H16Cl2N2O4. The number of hydrogen-bond acceptors (Lipinski definition) is 4. The Morgan fingerprint density at radius 1 is 1.27 bits per heavy atom. The highest BCUT2D eigenvalue weighted by Crippen LogP contribution is 2.21. The molecule has 0 aliphatic rings. The number of benzene rings is 1. The Morgan fingerprint density at radius 3 is 2.55 bits per heavy atom. The van der Waals surface area contributed by atoms with Crippen molar-refractivity contribution in [3.63, 3.8) is 0 Å². The molecular weight excluding hydrogens is 331 g/mol. The summed E-state index contributed by atoms with van der Waals surface area (Å²) in [7, 11) is 0. The summed E-state index contributed by atoms with van der Waals surface area (Å²) < 4.78 is 4.96. The first-order valence-electron chi connectivity index (χ1n) is 6.55. The van der Waals surface area contributed by atoms with Gasteiger partial charge in [-0.05, 0) is 31.5 Å². The van der Waals surface area contributed by atoms with Gasteiger partial charge in [0.05, 0.1) is 6.42 Å². The van der Waals surface area contributed by atoms with Crippen molar-refractivity contribution in [3.05, 3.63) is 33.8 Å². The molecule has 1 aromatic rings. The second kappa shape index (κ2) is 8.60. The second-order valence-corrected chi connectivity index (χ2v) is 5.24. The minimum atomic E-state index is -1.10. The Balaban J connectivity index is 2.53. The molecule has 1 rings (SSSR count). The van der Waals surface area contributed by atoms with Gasteiger partial charge in [-0.25, -0.2) is 4.79 Å². The first-order valence-corrected chi connectivity index (χ1v) is 7.31. The average Bonchev–Trinajstić information content (AvgIpc) is 2.42. The highest BCUT2D eigenvalue weighted by atomic mass is 35.5. The summed E-state index contributed by atoms with van der Waals surface area (Å²) in [5.74, 6) is -1.34. The molecule has 0 radical (unpaired) electrons. The van der Waals surface area contributed by atoms with Crippen LogP contribution in [0.1, 0.15) is 19.4 Å². The zero-order chi connectivity index (χ0) is 16.7. The molecule has 0 fully saturated rings. The molecule has 0 aliphatic carbocycles. The molecule has 0 saturated heterocycles. The number of imide groups is 1. The maximum absolute atomic E-state index is 11.8.